The highest BCUT2D eigenvalue weighted by Crippen LogP contribution is 2.36. The van der Waals surface area contributed by atoms with Crippen LogP contribution in [0.25, 0.3) is 0 Å². The lowest BCUT2D eigenvalue weighted by atomic mass is 10.1. The average molecular weight is 388 g/mol. The number of nitrogens with one attached hydrogen (secondary N) is 1. The molecule has 1 N–H and O–H groups in total. The normalized spacial score (nSPS) is 12.0. The van der Waals surface area contributed by atoms with E-state index in [1.54, 1.807) is 24.3 Å². The molecule has 2 aromatic carbocycles. The highest BCUT2D eigenvalue weighted by atomic mass is 16.6. The van der Waals surface area contributed by atoms with Crippen LogP contribution in [0.1, 0.15) is 10.4 Å². The van der Waals surface area contributed by atoms with Gasteiger partial charge in [0.05, 0.1) is 18.1 Å². The predicted octanol–water partition coefficient (Wildman–Crippen LogP) is 2.17. The SMILES string of the molecule is COc1cccc(NC(=O)COC(=O)c2cc3c(cc2[N+](=O)[O-])OCCO3)c1. The van der Waals surface area contributed by atoms with Gasteiger partial charge in [-0.25, -0.2) is 4.79 Å². The van der Waals surface area contributed by atoms with Crippen molar-refractivity contribution in [2.24, 2.45) is 0 Å². The van der Waals surface area contributed by atoms with E-state index in [9.17, 15) is 19.7 Å². The molecule has 0 fully saturated rings. The van der Waals surface area contributed by atoms with Gasteiger partial charge in [0.25, 0.3) is 11.6 Å². The number of hydrogen-bond donors (Lipinski definition) is 1. The summed E-state index contributed by atoms with van der Waals surface area (Å²) in [6.45, 7) is -0.123. The Hall–Kier alpha value is -3.82. The predicted molar refractivity (Wildman–Crippen MR) is 96.0 cm³/mol. The molecule has 0 atom stereocenters. The summed E-state index contributed by atoms with van der Waals surface area (Å²) in [6.07, 6.45) is 0. The van der Waals surface area contributed by atoms with Gasteiger partial charge in [0.2, 0.25) is 0 Å². The van der Waals surface area contributed by atoms with Gasteiger partial charge in [-0.3, -0.25) is 14.9 Å². The standard InChI is InChI=1S/C18H16N2O8/c1-25-12-4-2-3-11(7-12)19-17(21)10-28-18(22)13-8-15-16(27-6-5-26-15)9-14(13)20(23)24/h2-4,7-9H,5-6,10H2,1H3,(H,19,21). The topological polar surface area (TPSA) is 126 Å². The summed E-state index contributed by atoms with van der Waals surface area (Å²) in [6, 6.07) is 8.88. The number of amides is 1. The van der Waals surface area contributed by atoms with Crippen LogP contribution in [-0.2, 0) is 9.53 Å². The smallest absolute Gasteiger partial charge is 0.345 e. The first kappa shape index (κ1) is 19.0. The number of carbonyl (C=O) groups excluding carboxylic acids is 2. The number of ether oxygens (including phenoxy) is 4. The van der Waals surface area contributed by atoms with E-state index >= 15 is 0 Å². The van der Waals surface area contributed by atoms with Crippen molar-refractivity contribution in [2.75, 3.05) is 32.2 Å². The van der Waals surface area contributed by atoms with Crippen molar-refractivity contribution in [3.8, 4) is 17.2 Å². The lowest BCUT2D eigenvalue weighted by Crippen LogP contribution is -2.22. The molecule has 0 aliphatic carbocycles. The minimum absolute atomic E-state index is 0.172. The van der Waals surface area contributed by atoms with E-state index in [1.807, 2.05) is 0 Å². The summed E-state index contributed by atoms with van der Waals surface area (Å²) in [5.74, 6) is -0.720. The molecule has 0 bridgehead atoms. The molecule has 10 heteroatoms. The van der Waals surface area contributed by atoms with E-state index in [0.29, 0.717) is 11.4 Å². The molecule has 1 amide bonds. The molecule has 3 rings (SSSR count). The number of nitro groups is 1. The van der Waals surface area contributed by atoms with Gasteiger partial charge in [0.1, 0.15) is 24.5 Å². The van der Waals surface area contributed by atoms with E-state index < -0.39 is 29.1 Å². The lowest BCUT2D eigenvalue weighted by molar-refractivity contribution is -0.385. The van der Waals surface area contributed by atoms with Crippen molar-refractivity contribution in [2.45, 2.75) is 0 Å². The maximum atomic E-state index is 12.3. The second-order valence-electron chi connectivity index (χ2n) is 5.63. The molecular weight excluding hydrogens is 372 g/mol. The van der Waals surface area contributed by atoms with Crippen molar-refractivity contribution >= 4 is 23.3 Å². The number of nitrogens with zero attached hydrogens (tertiary/aromatic N) is 1. The Morgan fingerprint density at radius 2 is 1.89 bits per heavy atom. The van der Waals surface area contributed by atoms with Crippen molar-refractivity contribution < 1.29 is 33.5 Å². The zero-order valence-electron chi connectivity index (χ0n) is 14.8. The summed E-state index contributed by atoms with van der Waals surface area (Å²) in [5, 5.41) is 13.8. The van der Waals surface area contributed by atoms with Crippen LogP contribution in [0.15, 0.2) is 36.4 Å². The fourth-order valence-electron chi connectivity index (χ4n) is 2.50. The summed E-state index contributed by atoms with van der Waals surface area (Å²) < 4.78 is 20.6. The molecule has 1 heterocycles. The Balaban J connectivity index is 1.68. The summed E-state index contributed by atoms with van der Waals surface area (Å²) in [5.41, 5.74) is -0.378. The van der Waals surface area contributed by atoms with Gasteiger partial charge >= 0.3 is 5.97 Å². The van der Waals surface area contributed by atoms with Crippen LogP contribution in [0.5, 0.6) is 17.2 Å². The average Bonchev–Trinajstić information content (AvgIpc) is 2.71. The van der Waals surface area contributed by atoms with Crippen molar-refractivity contribution in [3.05, 3.63) is 52.1 Å². The molecule has 0 aromatic heterocycles. The van der Waals surface area contributed by atoms with Crippen LogP contribution in [-0.4, -0.2) is 43.7 Å². The van der Waals surface area contributed by atoms with Crippen LogP contribution in [0.3, 0.4) is 0 Å². The molecule has 1 aliphatic rings. The van der Waals surface area contributed by atoms with Gasteiger partial charge < -0.3 is 24.3 Å². The van der Waals surface area contributed by atoms with Crippen molar-refractivity contribution in [1.82, 2.24) is 0 Å². The number of hydrogen-bond acceptors (Lipinski definition) is 8. The molecule has 28 heavy (non-hydrogen) atoms. The molecule has 1 aliphatic heterocycles. The monoisotopic (exact) mass is 388 g/mol. The second-order valence-corrected chi connectivity index (χ2v) is 5.63. The van der Waals surface area contributed by atoms with E-state index in [-0.39, 0.29) is 30.3 Å². The third-order valence-corrected chi connectivity index (χ3v) is 3.76. The van der Waals surface area contributed by atoms with Crippen LogP contribution in [0.2, 0.25) is 0 Å². The number of methoxy groups -OCH3 is 1. The Kier molecular flexibility index (Phi) is 5.58. The number of anilines is 1. The maximum absolute atomic E-state index is 12.3. The van der Waals surface area contributed by atoms with Gasteiger partial charge in [0, 0.05) is 17.8 Å². The number of fused-ring (bicyclic) bond motifs is 1. The molecule has 0 saturated heterocycles. The zero-order valence-corrected chi connectivity index (χ0v) is 14.8. The fraction of sp³-hybridized carbons (Fsp3) is 0.222. The van der Waals surface area contributed by atoms with E-state index in [4.69, 9.17) is 18.9 Å². The Morgan fingerprint density at radius 1 is 1.18 bits per heavy atom. The fourth-order valence-corrected chi connectivity index (χ4v) is 2.50. The molecular formula is C18H16N2O8. The van der Waals surface area contributed by atoms with Crippen LogP contribution in [0, 0.1) is 10.1 Å². The van der Waals surface area contributed by atoms with Gasteiger partial charge in [0.15, 0.2) is 18.1 Å². The molecule has 0 spiro atoms. The first-order valence-corrected chi connectivity index (χ1v) is 8.17. The van der Waals surface area contributed by atoms with Gasteiger partial charge in [-0.2, -0.15) is 0 Å². The molecule has 10 nitrogen and oxygen atoms in total. The maximum Gasteiger partial charge on any atom is 0.345 e. The summed E-state index contributed by atoms with van der Waals surface area (Å²) >= 11 is 0. The second kappa shape index (κ2) is 8.25. The van der Waals surface area contributed by atoms with Crippen molar-refractivity contribution in [3.63, 3.8) is 0 Å². The van der Waals surface area contributed by atoms with E-state index in [0.717, 1.165) is 6.07 Å². The van der Waals surface area contributed by atoms with Crippen molar-refractivity contribution in [1.29, 1.82) is 0 Å². The Labute approximate surface area is 159 Å². The third-order valence-electron chi connectivity index (χ3n) is 3.76. The number of carbonyl (C=O) groups is 2. The highest BCUT2D eigenvalue weighted by Gasteiger charge is 2.27. The summed E-state index contributed by atoms with van der Waals surface area (Å²) in [7, 11) is 1.49. The molecule has 0 radical (unpaired) electrons. The van der Waals surface area contributed by atoms with Gasteiger partial charge in [-0.1, -0.05) is 6.07 Å². The molecule has 0 saturated carbocycles. The Morgan fingerprint density at radius 3 is 2.57 bits per heavy atom. The minimum atomic E-state index is -1.02. The first-order chi connectivity index (χ1) is 13.5. The van der Waals surface area contributed by atoms with Gasteiger partial charge in [-0.05, 0) is 12.1 Å². The number of esters is 1. The molecule has 146 valence electrons. The van der Waals surface area contributed by atoms with Crippen LogP contribution in [0.4, 0.5) is 11.4 Å². The van der Waals surface area contributed by atoms with Crippen LogP contribution >= 0.6 is 0 Å². The largest absolute Gasteiger partial charge is 0.497 e. The van der Waals surface area contributed by atoms with Gasteiger partial charge in [-0.15, -0.1) is 0 Å². The number of nitro benzene ring substituents is 1. The quantitative estimate of drug-likeness (QED) is 0.453. The molecule has 2 aromatic rings. The van der Waals surface area contributed by atoms with E-state index in [1.165, 1.54) is 13.2 Å². The minimum Gasteiger partial charge on any atom is -0.497 e. The van der Waals surface area contributed by atoms with Crippen LogP contribution < -0.4 is 19.5 Å². The lowest BCUT2D eigenvalue weighted by Gasteiger charge is -2.18. The highest BCUT2D eigenvalue weighted by molar-refractivity contribution is 5.98. The Bertz CT molecular complexity index is 928. The number of rotatable bonds is 6. The molecule has 0 unspecified atom stereocenters. The zero-order chi connectivity index (χ0) is 20.1. The third kappa shape index (κ3) is 4.29. The summed E-state index contributed by atoms with van der Waals surface area (Å²) in [4.78, 5) is 34.8. The first-order valence-electron chi connectivity index (χ1n) is 8.17. The number of benzene rings is 2. The van der Waals surface area contributed by atoms with E-state index in [2.05, 4.69) is 5.32 Å².